The van der Waals surface area contributed by atoms with Crippen molar-refractivity contribution in [1.82, 2.24) is 4.90 Å². The predicted molar refractivity (Wildman–Crippen MR) is 106 cm³/mol. The van der Waals surface area contributed by atoms with Crippen molar-refractivity contribution in [2.45, 2.75) is 16.7 Å². The summed E-state index contributed by atoms with van der Waals surface area (Å²) in [5.74, 6) is 0.513. The Bertz CT molecular complexity index is 863. The van der Waals surface area contributed by atoms with Crippen LogP contribution < -0.4 is 9.64 Å². The summed E-state index contributed by atoms with van der Waals surface area (Å²) < 4.78 is 51.0. The van der Waals surface area contributed by atoms with E-state index in [2.05, 4.69) is 4.90 Å². The Morgan fingerprint density at radius 3 is 2.67 bits per heavy atom. The first-order valence-electron chi connectivity index (χ1n) is 10.5. The van der Waals surface area contributed by atoms with Gasteiger partial charge in [0.05, 0.1) is 18.5 Å². The summed E-state index contributed by atoms with van der Waals surface area (Å²) in [6.07, 6.45) is 0. The van der Waals surface area contributed by atoms with Crippen LogP contribution in [-0.2, 0) is 0 Å². The SMILES string of the molecule is Cl.[2H]C([2H])([2H])N(CC(C)CN1c2ccccc2Sc2ccc(OC)cc21)C([2H])([2H])[2H]. The highest BCUT2D eigenvalue weighted by Gasteiger charge is 2.25. The second-order valence-corrected chi connectivity index (χ2v) is 6.81. The largest absolute Gasteiger partial charge is 0.497 e. The molecule has 130 valence electrons. The lowest BCUT2D eigenvalue weighted by Crippen LogP contribution is -2.31. The Kier molecular flexibility index (Phi) is 4.10. The normalized spacial score (nSPS) is 18.5. The summed E-state index contributed by atoms with van der Waals surface area (Å²) in [4.78, 5) is 4.91. The van der Waals surface area contributed by atoms with E-state index in [1.807, 2.05) is 49.4 Å². The zero-order valence-corrected chi connectivity index (χ0v) is 15.3. The van der Waals surface area contributed by atoms with Crippen molar-refractivity contribution in [1.29, 1.82) is 0 Å². The zero-order valence-electron chi connectivity index (χ0n) is 19.7. The van der Waals surface area contributed by atoms with E-state index in [1.165, 1.54) is 0 Å². The van der Waals surface area contributed by atoms with Gasteiger partial charge in [0.2, 0.25) is 0 Å². The van der Waals surface area contributed by atoms with Gasteiger partial charge in [-0.15, -0.1) is 12.4 Å². The standard InChI is InChI=1S/C19H24N2OS.ClH/c1-14(12-20(2)3)13-21-16-7-5-6-8-18(16)23-19-10-9-15(22-4)11-17(19)21;/h5-11,14H,12-13H2,1-4H3;1H/i2D3,3D3;. The fraction of sp³-hybridized carbons (Fsp3) is 0.368. The second-order valence-electron chi connectivity index (χ2n) is 5.73. The maximum atomic E-state index is 7.61. The van der Waals surface area contributed by atoms with Crippen molar-refractivity contribution in [3.05, 3.63) is 42.5 Å². The Hall–Kier alpha value is -1.36. The number of methoxy groups -OCH3 is 1. The fourth-order valence-electron chi connectivity index (χ4n) is 2.81. The van der Waals surface area contributed by atoms with Gasteiger partial charge in [0.1, 0.15) is 5.75 Å². The third kappa shape index (κ3) is 4.00. The van der Waals surface area contributed by atoms with Gasteiger partial charge in [-0.05, 0) is 44.1 Å². The molecule has 3 nitrogen and oxygen atoms in total. The summed E-state index contributed by atoms with van der Waals surface area (Å²) in [5, 5.41) is 0. The molecule has 0 radical (unpaired) electrons. The van der Waals surface area contributed by atoms with E-state index in [1.54, 1.807) is 18.9 Å². The highest BCUT2D eigenvalue weighted by molar-refractivity contribution is 7.99. The van der Waals surface area contributed by atoms with Crippen LogP contribution in [0, 0.1) is 5.92 Å². The molecular formula is C19H25ClN2OS. The number of anilines is 2. The first kappa shape index (κ1) is 12.1. The Morgan fingerprint density at radius 2 is 1.92 bits per heavy atom. The first-order chi connectivity index (χ1) is 13.5. The molecule has 2 aromatic carbocycles. The molecule has 24 heavy (non-hydrogen) atoms. The third-order valence-electron chi connectivity index (χ3n) is 3.82. The smallest absolute Gasteiger partial charge is 0.121 e. The van der Waals surface area contributed by atoms with Crippen molar-refractivity contribution in [3.63, 3.8) is 0 Å². The van der Waals surface area contributed by atoms with E-state index in [9.17, 15) is 0 Å². The Morgan fingerprint density at radius 1 is 1.17 bits per heavy atom. The minimum atomic E-state index is -2.68. The minimum absolute atomic E-state index is 0. The predicted octanol–water partition coefficient (Wildman–Crippen LogP) is 4.92. The van der Waals surface area contributed by atoms with E-state index in [0.29, 0.717) is 11.4 Å². The molecule has 0 fully saturated rings. The molecule has 3 rings (SSSR count). The number of rotatable bonds is 5. The van der Waals surface area contributed by atoms with Gasteiger partial charge in [0, 0.05) is 37.2 Å². The van der Waals surface area contributed by atoms with Gasteiger partial charge in [-0.3, -0.25) is 0 Å². The lowest BCUT2D eigenvalue weighted by atomic mass is 10.1. The first-order valence-corrected chi connectivity index (χ1v) is 8.32. The van der Waals surface area contributed by atoms with Crippen molar-refractivity contribution in [3.8, 4) is 5.75 Å². The molecule has 1 aliphatic heterocycles. The third-order valence-corrected chi connectivity index (χ3v) is 4.95. The van der Waals surface area contributed by atoms with Crippen molar-refractivity contribution < 1.29 is 13.0 Å². The maximum absolute atomic E-state index is 7.61. The minimum Gasteiger partial charge on any atom is -0.497 e. The number of hydrogen-bond donors (Lipinski definition) is 0. The number of benzene rings is 2. The number of ether oxygens (including phenoxy) is 1. The number of fused-ring (bicyclic) bond motifs is 2. The summed E-state index contributed by atoms with van der Waals surface area (Å²) in [6, 6.07) is 13.9. The van der Waals surface area contributed by atoms with Gasteiger partial charge in [-0.1, -0.05) is 30.8 Å². The van der Waals surface area contributed by atoms with E-state index in [0.717, 1.165) is 26.9 Å². The molecule has 0 amide bonds. The van der Waals surface area contributed by atoms with Gasteiger partial charge in [0.15, 0.2) is 0 Å². The molecule has 5 heteroatoms. The van der Waals surface area contributed by atoms with Crippen molar-refractivity contribution in [2.75, 3.05) is 39.1 Å². The fourth-order valence-corrected chi connectivity index (χ4v) is 3.89. The van der Waals surface area contributed by atoms with Crippen LogP contribution in [0.15, 0.2) is 52.3 Å². The van der Waals surface area contributed by atoms with Crippen LogP contribution in [-0.4, -0.2) is 39.1 Å². The summed E-state index contributed by atoms with van der Waals surface area (Å²) >= 11 is 1.67. The van der Waals surface area contributed by atoms with Crippen LogP contribution in [0.4, 0.5) is 11.4 Å². The molecule has 1 atom stereocenters. The number of nitrogens with zero attached hydrogens (tertiary/aromatic N) is 2. The molecule has 0 saturated heterocycles. The van der Waals surface area contributed by atoms with Crippen LogP contribution in [0.25, 0.3) is 0 Å². The number of para-hydroxylation sites is 1. The Balaban J connectivity index is 0.00000320. The van der Waals surface area contributed by atoms with E-state index >= 15 is 0 Å². The quantitative estimate of drug-likeness (QED) is 0.742. The molecule has 0 saturated carbocycles. The van der Waals surface area contributed by atoms with Gasteiger partial charge in [0.25, 0.3) is 0 Å². The van der Waals surface area contributed by atoms with E-state index in [-0.39, 0.29) is 24.9 Å². The second kappa shape index (κ2) is 8.15. The summed E-state index contributed by atoms with van der Waals surface area (Å²) in [6.45, 7) is -3.10. The monoisotopic (exact) mass is 370 g/mol. The molecule has 0 N–H and O–H groups in total. The lowest BCUT2D eigenvalue weighted by molar-refractivity contribution is 0.342. The van der Waals surface area contributed by atoms with Crippen molar-refractivity contribution >= 4 is 35.5 Å². The summed E-state index contributed by atoms with van der Waals surface area (Å²) in [7, 11) is 1.61. The average molecular weight is 371 g/mol. The molecule has 0 aromatic heterocycles. The van der Waals surface area contributed by atoms with Gasteiger partial charge >= 0.3 is 0 Å². The van der Waals surface area contributed by atoms with Crippen LogP contribution in [0.5, 0.6) is 5.75 Å². The molecule has 1 heterocycles. The van der Waals surface area contributed by atoms with Crippen LogP contribution in [0.2, 0.25) is 0 Å². The highest BCUT2D eigenvalue weighted by Crippen LogP contribution is 2.49. The average Bonchev–Trinajstić information content (AvgIpc) is 2.64. The van der Waals surface area contributed by atoms with Gasteiger partial charge < -0.3 is 14.5 Å². The molecule has 1 aliphatic rings. The number of hydrogen-bond acceptors (Lipinski definition) is 4. The summed E-state index contributed by atoms with van der Waals surface area (Å²) in [5.41, 5.74) is 1.98. The molecule has 0 bridgehead atoms. The molecule has 1 unspecified atom stereocenters. The van der Waals surface area contributed by atoms with Crippen LogP contribution >= 0.6 is 24.2 Å². The van der Waals surface area contributed by atoms with E-state index < -0.39 is 14.0 Å². The maximum Gasteiger partial charge on any atom is 0.121 e. The molecule has 2 aromatic rings. The molecule has 0 aliphatic carbocycles. The van der Waals surface area contributed by atoms with E-state index in [4.69, 9.17) is 13.0 Å². The topological polar surface area (TPSA) is 15.7 Å². The molecule has 0 spiro atoms. The lowest BCUT2D eigenvalue weighted by Gasteiger charge is -2.35. The van der Waals surface area contributed by atoms with Crippen LogP contribution in [0.1, 0.15) is 15.1 Å². The number of halogens is 1. The van der Waals surface area contributed by atoms with Gasteiger partial charge in [-0.25, -0.2) is 0 Å². The van der Waals surface area contributed by atoms with Crippen LogP contribution in [0.3, 0.4) is 0 Å². The zero-order chi connectivity index (χ0) is 21.4. The highest BCUT2D eigenvalue weighted by atomic mass is 35.5. The van der Waals surface area contributed by atoms with Crippen molar-refractivity contribution in [2.24, 2.45) is 5.92 Å². The van der Waals surface area contributed by atoms with Gasteiger partial charge in [-0.2, -0.15) is 0 Å². The molecular weight excluding hydrogens is 340 g/mol. The Labute approximate surface area is 163 Å².